The van der Waals surface area contributed by atoms with Crippen molar-refractivity contribution in [2.75, 3.05) is 12.3 Å². The molecule has 1 amide bonds. The van der Waals surface area contributed by atoms with Crippen molar-refractivity contribution in [3.05, 3.63) is 57.4 Å². The van der Waals surface area contributed by atoms with Crippen molar-refractivity contribution in [1.29, 1.82) is 0 Å². The normalized spacial score (nSPS) is 24.6. The number of furan rings is 1. The highest BCUT2D eigenvalue weighted by Gasteiger charge is 2.68. The number of thiophene rings is 1. The Morgan fingerprint density at radius 3 is 3.11 bits per heavy atom. The first-order valence-electron chi connectivity index (χ1n) is 9.11. The summed E-state index contributed by atoms with van der Waals surface area (Å²) in [5.41, 5.74) is 9.81. The Morgan fingerprint density at radius 2 is 2.25 bits per heavy atom. The Balaban J connectivity index is 1.33. The maximum atomic E-state index is 12.9. The lowest BCUT2D eigenvalue weighted by molar-refractivity contribution is 0.104. The molecule has 28 heavy (non-hydrogen) atoms. The molecule has 1 spiro atoms. The van der Waals surface area contributed by atoms with Gasteiger partial charge in [-0.3, -0.25) is 9.69 Å². The van der Waals surface area contributed by atoms with Gasteiger partial charge in [-0.1, -0.05) is 0 Å². The van der Waals surface area contributed by atoms with E-state index in [0.717, 1.165) is 33.5 Å². The van der Waals surface area contributed by atoms with Crippen molar-refractivity contribution >= 4 is 39.9 Å². The van der Waals surface area contributed by atoms with Crippen molar-refractivity contribution in [1.82, 2.24) is 4.90 Å². The van der Waals surface area contributed by atoms with Gasteiger partial charge in [-0.25, -0.2) is 4.79 Å². The lowest BCUT2D eigenvalue weighted by Crippen LogP contribution is -2.35. The van der Waals surface area contributed by atoms with Gasteiger partial charge in [0.2, 0.25) is 0 Å². The van der Waals surface area contributed by atoms with E-state index in [1.165, 1.54) is 11.3 Å². The number of rotatable bonds is 1. The van der Waals surface area contributed by atoms with Gasteiger partial charge in [-0.15, -0.1) is 11.3 Å². The predicted octanol–water partition coefficient (Wildman–Crippen LogP) is 4.24. The number of hydrogen-bond acceptors (Lipinski definition) is 6. The number of nitrogens with two attached hydrogens (primary N) is 1. The summed E-state index contributed by atoms with van der Waals surface area (Å²) < 4.78 is 11.1. The van der Waals surface area contributed by atoms with Crippen LogP contribution in [0.15, 0.2) is 45.8 Å². The number of aryl methyl sites for hydroxylation is 1. The van der Waals surface area contributed by atoms with Crippen LogP contribution in [0.4, 0.5) is 10.5 Å². The average molecular weight is 392 g/mol. The van der Waals surface area contributed by atoms with Gasteiger partial charge >= 0.3 is 6.09 Å². The monoisotopic (exact) mass is 392 g/mol. The molecule has 140 valence electrons. The molecule has 2 N–H and O–H groups in total. The fourth-order valence-corrected chi connectivity index (χ4v) is 5.88. The number of hydrogen-bond donors (Lipinski definition) is 1. The zero-order valence-electron chi connectivity index (χ0n) is 15.0. The van der Waals surface area contributed by atoms with Crippen molar-refractivity contribution in [3.63, 3.8) is 0 Å². The maximum Gasteiger partial charge on any atom is 0.421 e. The molecule has 2 unspecified atom stereocenters. The molecule has 1 aliphatic heterocycles. The summed E-state index contributed by atoms with van der Waals surface area (Å²) in [6.45, 7) is 2.59. The molecular weight excluding hydrogens is 376 g/mol. The molecule has 1 saturated heterocycles. The van der Waals surface area contributed by atoms with Crippen LogP contribution in [0.1, 0.15) is 27.2 Å². The third-order valence-corrected chi connectivity index (χ3v) is 7.21. The predicted molar refractivity (Wildman–Crippen MR) is 105 cm³/mol. The number of nitrogen functional groups attached to an aromatic ring is 1. The molecule has 3 heterocycles. The van der Waals surface area contributed by atoms with Crippen LogP contribution in [-0.2, 0) is 5.41 Å². The number of piperidine rings is 1. The number of amides is 1. The molecule has 1 aromatic carbocycles. The van der Waals surface area contributed by atoms with E-state index in [2.05, 4.69) is 0 Å². The number of anilines is 1. The second-order valence-corrected chi connectivity index (χ2v) is 8.61. The number of benzene rings is 1. The van der Waals surface area contributed by atoms with Gasteiger partial charge in [0.05, 0.1) is 4.88 Å². The number of fused-ring (bicyclic) bond motifs is 2. The Morgan fingerprint density at radius 1 is 1.39 bits per heavy atom. The van der Waals surface area contributed by atoms with Crippen LogP contribution in [0.2, 0.25) is 0 Å². The van der Waals surface area contributed by atoms with Gasteiger partial charge in [0.25, 0.3) is 5.95 Å². The molecule has 0 radical (unpaired) electrons. The quantitative estimate of drug-likeness (QED) is 0.626. The van der Waals surface area contributed by atoms with Crippen LogP contribution < -0.4 is 10.5 Å². The summed E-state index contributed by atoms with van der Waals surface area (Å²) >= 11 is 1.50. The topological polar surface area (TPSA) is 85.8 Å². The third-order valence-electron chi connectivity index (χ3n) is 6.09. The van der Waals surface area contributed by atoms with Crippen LogP contribution in [-0.4, -0.2) is 23.3 Å². The molecule has 3 aliphatic rings. The minimum Gasteiger partial charge on any atom is -0.425 e. The number of carbonyl (C=O) groups is 2. The van der Waals surface area contributed by atoms with Crippen molar-refractivity contribution in [2.24, 2.45) is 5.92 Å². The minimum atomic E-state index is -0.519. The summed E-state index contributed by atoms with van der Waals surface area (Å²) in [6, 6.07) is 6.89. The van der Waals surface area contributed by atoms with E-state index < -0.39 is 6.09 Å². The number of likely N-dealkylation sites (tertiary alicyclic amines) is 1. The molecule has 2 aliphatic carbocycles. The smallest absolute Gasteiger partial charge is 0.421 e. The zero-order valence-corrected chi connectivity index (χ0v) is 15.8. The standard InChI is InChI=1S/C21H16N2O4S/c1-10-9-28-19-14(24)6-16-21(18(10)19)7-12(21)8-23(16)20(25)27-17-5-11-4-13(22)2-3-15(11)26-17/h2-6,9,12H,7-8,22H2,1H3. The highest BCUT2D eigenvalue weighted by Crippen LogP contribution is 2.67. The highest BCUT2D eigenvalue weighted by molar-refractivity contribution is 7.12. The Kier molecular flexibility index (Phi) is 2.88. The van der Waals surface area contributed by atoms with Gasteiger partial charge in [0, 0.05) is 40.9 Å². The number of nitrogens with zero attached hydrogens (tertiary/aromatic N) is 1. The second-order valence-electron chi connectivity index (χ2n) is 7.73. The van der Waals surface area contributed by atoms with Crippen LogP contribution >= 0.6 is 11.3 Å². The van der Waals surface area contributed by atoms with E-state index in [0.29, 0.717) is 23.7 Å². The van der Waals surface area contributed by atoms with Crippen LogP contribution in [0, 0.1) is 12.8 Å². The summed E-state index contributed by atoms with van der Waals surface area (Å²) in [6.07, 6.45) is 2.07. The molecular formula is C21H16N2O4S. The van der Waals surface area contributed by atoms with E-state index in [4.69, 9.17) is 14.9 Å². The fraction of sp³-hybridized carbons (Fsp3) is 0.238. The lowest BCUT2D eigenvalue weighted by Gasteiger charge is -2.27. The summed E-state index contributed by atoms with van der Waals surface area (Å²) in [5, 5.41) is 2.80. The number of carbonyl (C=O) groups excluding carboxylic acids is 2. The van der Waals surface area contributed by atoms with Gasteiger partial charge in [-0.05, 0) is 54.0 Å². The van der Waals surface area contributed by atoms with E-state index in [1.54, 1.807) is 35.2 Å². The van der Waals surface area contributed by atoms with E-state index >= 15 is 0 Å². The fourth-order valence-electron chi connectivity index (χ4n) is 4.84. The van der Waals surface area contributed by atoms with Gasteiger partial charge in [0.1, 0.15) is 5.58 Å². The number of ether oxygens (including phenoxy) is 1. The molecule has 2 atom stereocenters. The van der Waals surface area contributed by atoms with Crippen molar-refractivity contribution < 1.29 is 18.7 Å². The van der Waals surface area contributed by atoms with E-state index in [9.17, 15) is 9.59 Å². The largest absolute Gasteiger partial charge is 0.425 e. The Bertz CT molecular complexity index is 1240. The van der Waals surface area contributed by atoms with Crippen LogP contribution in [0.3, 0.4) is 0 Å². The van der Waals surface area contributed by atoms with E-state index in [1.807, 2.05) is 12.3 Å². The van der Waals surface area contributed by atoms with Gasteiger partial charge in [-0.2, -0.15) is 0 Å². The summed E-state index contributed by atoms with van der Waals surface area (Å²) in [5.74, 6) is 0.426. The van der Waals surface area contributed by atoms with Crippen molar-refractivity contribution in [2.45, 2.75) is 18.8 Å². The summed E-state index contributed by atoms with van der Waals surface area (Å²) in [4.78, 5) is 27.9. The Labute approximate surface area is 164 Å². The molecule has 6 rings (SSSR count). The molecule has 2 aromatic heterocycles. The zero-order chi connectivity index (χ0) is 19.2. The first-order valence-corrected chi connectivity index (χ1v) is 9.99. The molecule has 2 fully saturated rings. The number of allylic oxidation sites excluding steroid dienone is 2. The van der Waals surface area contributed by atoms with Crippen LogP contribution in [0.5, 0.6) is 5.95 Å². The average Bonchev–Trinajstić information content (AvgIpc) is 2.96. The van der Waals surface area contributed by atoms with Gasteiger partial charge < -0.3 is 14.9 Å². The minimum absolute atomic E-state index is 0.0294. The maximum absolute atomic E-state index is 12.9. The number of ketones is 1. The Hall–Kier alpha value is -3.06. The third kappa shape index (κ3) is 1.91. The molecule has 1 saturated carbocycles. The SMILES string of the molecule is Cc1csc2c1C13CC1CN(C(=O)Oc1cc4cc(N)ccc4o1)C3=CC2=O. The van der Waals surface area contributed by atoms with Crippen LogP contribution in [0.25, 0.3) is 11.0 Å². The molecule has 7 heteroatoms. The highest BCUT2D eigenvalue weighted by atomic mass is 32.1. The molecule has 0 bridgehead atoms. The first-order chi connectivity index (χ1) is 13.5. The first kappa shape index (κ1) is 15.9. The lowest BCUT2D eigenvalue weighted by atomic mass is 9.84. The molecule has 6 nitrogen and oxygen atoms in total. The summed E-state index contributed by atoms with van der Waals surface area (Å²) in [7, 11) is 0. The second kappa shape index (κ2) is 5.05. The van der Waals surface area contributed by atoms with Gasteiger partial charge in [0.15, 0.2) is 5.78 Å². The molecule has 3 aromatic rings. The van der Waals surface area contributed by atoms with Crippen molar-refractivity contribution in [3.8, 4) is 5.95 Å². The van der Waals surface area contributed by atoms with E-state index in [-0.39, 0.29) is 17.1 Å².